The molecule has 0 aliphatic carbocycles. The van der Waals surface area contributed by atoms with Crippen molar-refractivity contribution in [3.8, 4) is 6.07 Å². The Morgan fingerprint density at radius 2 is 2.25 bits per heavy atom. The van der Waals surface area contributed by atoms with Gasteiger partial charge in [0.15, 0.2) is 5.75 Å². The molecule has 0 rings (SSSR count). The smallest absolute Gasteiger partial charge is 0.235 e. The lowest BCUT2D eigenvalue weighted by atomic mass is 10.4. The van der Waals surface area contributed by atoms with E-state index in [4.69, 9.17) is 11.0 Å². The predicted octanol–water partition coefficient (Wildman–Crippen LogP) is -1.70. The molecule has 0 fully saturated rings. The molecule has 0 aromatic carbocycles. The number of nitrogens with two attached hydrogens (primary N) is 1. The van der Waals surface area contributed by atoms with E-state index in [2.05, 4.69) is 0 Å². The minimum absolute atomic E-state index is 0.676. The maximum Gasteiger partial charge on any atom is 0.235 e. The lowest BCUT2D eigenvalue weighted by molar-refractivity contribution is -0.119. The van der Waals surface area contributed by atoms with Gasteiger partial charge in [-0.3, -0.25) is 4.79 Å². The molecule has 0 spiro atoms. The van der Waals surface area contributed by atoms with Gasteiger partial charge in [0.2, 0.25) is 15.9 Å². The summed E-state index contributed by atoms with van der Waals surface area (Å²) in [6.45, 7) is 1.30. The van der Waals surface area contributed by atoms with Crippen molar-refractivity contribution < 1.29 is 13.2 Å². The average Bonchev–Trinajstić information content (AvgIpc) is 1.85. The van der Waals surface area contributed by atoms with Crippen LogP contribution in [0.5, 0.6) is 0 Å². The molecule has 0 aliphatic heterocycles. The van der Waals surface area contributed by atoms with E-state index < -0.39 is 27.7 Å². The number of amides is 1. The van der Waals surface area contributed by atoms with Crippen LogP contribution in [0.1, 0.15) is 6.92 Å². The number of nitrogens with one attached hydrogen (secondary N) is 1. The first kappa shape index (κ1) is 10.9. The Morgan fingerprint density at radius 3 is 2.58 bits per heavy atom. The van der Waals surface area contributed by atoms with Crippen LogP contribution in [-0.4, -0.2) is 26.1 Å². The number of sulfonamides is 1. The third-order valence-electron chi connectivity index (χ3n) is 1.04. The van der Waals surface area contributed by atoms with Crippen LogP contribution < -0.4 is 10.5 Å². The number of hydrogen-bond acceptors (Lipinski definition) is 4. The zero-order valence-corrected chi connectivity index (χ0v) is 7.26. The van der Waals surface area contributed by atoms with Gasteiger partial charge < -0.3 is 5.73 Å². The highest BCUT2D eigenvalue weighted by Crippen LogP contribution is 1.87. The number of primary amides is 1. The first-order chi connectivity index (χ1) is 5.39. The third-order valence-corrected chi connectivity index (χ3v) is 2.26. The first-order valence-corrected chi connectivity index (χ1v) is 4.70. The Bertz CT molecular complexity index is 302. The van der Waals surface area contributed by atoms with E-state index in [0.29, 0.717) is 0 Å². The predicted molar refractivity (Wildman–Crippen MR) is 41.2 cm³/mol. The fourth-order valence-corrected chi connectivity index (χ4v) is 1.36. The maximum absolute atomic E-state index is 10.8. The Labute approximate surface area is 70.4 Å². The molecule has 1 unspecified atom stereocenters. The highest BCUT2D eigenvalue weighted by atomic mass is 32.2. The van der Waals surface area contributed by atoms with Gasteiger partial charge in [-0.2, -0.15) is 5.26 Å². The molecular formula is C5H9N3O3S. The molecular weight excluding hydrogens is 182 g/mol. The summed E-state index contributed by atoms with van der Waals surface area (Å²) in [5, 5.41) is 8.07. The second-order valence-electron chi connectivity index (χ2n) is 2.16. The Morgan fingerprint density at radius 1 is 1.75 bits per heavy atom. The second-order valence-corrected chi connectivity index (χ2v) is 3.91. The highest BCUT2D eigenvalue weighted by molar-refractivity contribution is 7.89. The quantitative estimate of drug-likeness (QED) is 0.551. The molecule has 1 atom stereocenters. The maximum atomic E-state index is 10.8. The number of nitrogens with zero attached hydrogens (tertiary/aromatic N) is 1. The monoisotopic (exact) mass is 191 g/mol. The van der Waals surface area contributed by atoms with Crippen molar-refractivity contribution >= 4 is 15.9 Å². The molecule has 0 saturated heterocycles. The van der Waals surface area contributed by atoms with Crippen LogP contribution in [0.3, 0.4) is 0 Å². The molecule has 0 heterocycles. The Balaban J connectivity index is 4.28. The van der Waals surface area contributed by atoms with Crippen LogP contribution in [0.25, 0.3) is 0 Å². The van der Waals surface area contributed by atoms with Gasteiger partial charge in [0.25, 0.3) is 0 Å². The van der Waals surface area contributed by atoms with Crippen LogP contribution in [0.2, 0.25) is 0 Å². The summed E-state index contributed by atoms with van der Waals surface area (Å²) >= 11 is 0. The van der Waals surface area contributed by atoms with Gasteiger partial charge in [-0.15, -0.1) is 0 Å². The lowest BCUT2D eigenvalue weighted by Gasteiger charge is -2.07. The molecule has 12 heavy (non-hydrogen) atoms. The van der Waals surface area contributed by atoms with E-state index in [9.17, 15) is 13.2 Å². The van der Waals surface area contributed by atoms with E-state index in [0.717, 1.165) is 0 Å². The Hall–Kier alpha value is -1.13. The minimum atomic E-state index is -3.69. The number of rotatable bonds is 4. The average molecular weight is 191 g/mol. The number of carbonyl (C=O) groups excluding carboxylic acids is 1. The lowest BCUT2D eigenvalue weighted by Crippen LogP contribution is -2.42. The van der Waals surface area contributed by atoms with Gasteiger partial charge in [0, 0.05) is 0 Å². The summed E-state index contributed by atoms with van der Waals surface area (Å²) in [4.78, 5) is 10.4. The zero-order valence-electron chi connectivity index (χ0n) is 6.44. The van der Waals surface area contributed by atoms with Gasteiger partial charge in [-0.25, -0.2) is 13.1 Å². The molecule has 0 radical (unpaired) electrons. The largest absolute Gasteiger partial charge is 0.368 e. The zero-order chi connectivity index (χ0) is 9.78. The normalized spacial score (nSPS) is 13.3. The molecule has 7 heteroatoms. The van der Waals surface area contributed by atoms with Crippen molar-refractivity contribution in [1.82, 2.24) is 4.72 Å². The van der Waals surface area contributed by atoms with Crippen LogP contribution in [0.4, 0.5) is 0 Å². The second kappa shape index (κ2) is 4.04. The Kier molecular flexibility index (Phi) is 3.66. The van der Waals surface area contributed by atoms with Crippen molar-refractivity contribution in [3.05, 3.63) is 0 Å². The van der Waals surface area contributed by atoms with E-state index >= 15 is 0 Å². The summed E-state index contributed by atoms with van der Waals surface area (Å²) in [5.41, 5.74) is 4.79. The molecule has 68 valence electrons. The van der Waals surface area contributed by atoms with Crippen LogP contribution >= 0.6 is 0 Å². The van der Waals surface area contributed by atoms with Gasteiger partial charge in [-0.1, -0.05) is 0 Å². The molecule has 3 N–H and O–H groups in total. The molecule has 0 aromatic rings. The van der Waals surface area contributed by atoms with Crippen molar-refractivity contribution in [2.75, 3.05) is 5.75 Å². The summed E-state index contributed by atoms with van der Waals surface area (Å²) in [7, 11) is -3.69. The topological polar surface area (TPSA) is 113 Å². The fraction of sp³-hybridized carbons (Fsp3) is 0.600. The van der Waals surface area contributed by atoms with Crippen LogP contribution in [0.15, 0.2) is 0 Å². The fourth-order valence-electron chi connectivity index (χ4n) is 0.454. The first-order valence-electron chi connectivity index (χ1n) is 3.05. The minimum Gasteiger partial charge on any atom is -0.368 e. The van der Waals surface area contributed by atoms with Gasteiger partial charge in [-0.05, 0) is 6.92 Å². The molecule has 1 amide bonds. The molecule has 0 saturated carbocycles. The molecule has 0 bridgehead atoms. The summed E-state index contributed by atoms with van der Waals surface area (Å²) in [6, 6.07) is 0.467. The van der Waals surface area contributed by atoms with Crippen LogP contribution in [-0.2, 0) is 14.8 Å². The van der Waals surface area contributed by atoms with Crippen LogP contribution in [0, 0.1) is 11.3 Å². The summed E-state index contributed by atoms with van der Waals surface area (Å²) < 4.78 is 23.5. The third kappa shape index (κ3) is 3.90. The number of nitriles is 1. The van der Waals surface area contributed by atoms with Crippen molar-refractivity contribution in [3.63, 3.8) is 0 Å². The number of carbonyl (C=O) groups is 1. The molecule has 0 aromatic heterocycles. The molecule has 6 nitrogen and oxygen atoms in total. The van der Waals surface area contributed by atoms with Crippen molar-refractivity contribution in [2.45, 2.75) is 13.0 Å². The summed E-state index contributed by atoms with van der Waals surface area (Å²) in [5.74, 6) is -1.46. The van der Waals surface area contributed by atoms with Gasteiger partial charge >= 0.3 is 0 Å². The van der Waals surface area contributed by atoms with E-state index in [1.54, 1.807) is 0 Å². The van der Waals surface area contributed by atoms with E-state index in [-0.39, 0.29) is 0 Å². The van der Waals surface area contributed by atoms with E-state index in [1.165, 1.54) is 13.0 Å². The van der Waals surface area contributed by atoms with Crippen molar-refractivity contribution in [1.29, 1.82) is 5.26 Å². The highest BCUT2D eigenvalue weighted by Gasteiger charge is 2.17. The van der Waals surface area contributed by atoms with Crippen molar-refractivity contribution in [2.24, 2.45) is 5.73 Å². The SMILES string of the molecule is CC(NS(=O)(=O)CC#N)C(N)=O. The summed E-state index contributed by atoms with van der Waals surface area (Å²) in [6.07, 6.45) is 0. The standard InChI is InChI=1S/C5H9N3O3S/c1-4(5(7)9)8-12(10,11)3-2-6/h4,8H,3H2,1H3,(H2,7,9). The van der Waals surface area contributed by atoms with Gasteiger partial charge in [0.05, 0.1) is 12.1 Å². The van der Waals surface area contributed by atoms with E-state index in [1.807, 2.05) is 4.72 Å². The molecule has 0 aliphatic rings. The number of hydrogen-bond donors (Lipinski definition) is 2. The van der Waals surface area contributed by atoms with Gasteiger partial charge in [0.1, 0.15) is 0 Å².